The van der Waals surface area contributed by atoms with Gasteiger partial charge in [-0.25, -0.2) is 0 Å². The summed E-state index contributed by atoms with van der Waals surface area (Å²) in [5.41, 5.74) is 2.42. The summed E-state index contributed by atoms with van der Waals surface area (Å²) in [6.07, 6.45) is -0.0350. The zero-order valence-electron chi connectivity index (χ0n) is 11.2. The van der Waals surface area contributed by atoms with Gasteiger partial charge in [0, 0.05) is 17.1 Å². The van der Waals surface area contributed by atoms with Crippen LogP contribution in [0.25, 0.3) is 0 Å². The van der Waals surface area contributed by atoms with Crippen LogP contribution in [0.3, 0.4) is 0 Å². The summed E-state index contributed by atoms with van der Waals surface area (Å²) in [5, 5.41) is 12.4. The second kappa shape index (κ2) is 5.76. The van der Waals surface area contributed by atoms with E-state index >= 15 is 0 Å². The number of hydrogen-bond donors (Lipinski definition) is 2. The standard InChI is InChI=1S/C16H14ClNO3/c17-12-3-6-14-11(7-12)8-15(21-14)16(20)18-13-4-1-10(9-19)2-5-13/h1-7,15,19H,8-9H2,(H,18,20). The highest BCUT2D eigenvalue weighted by molar-refractivity contribution is 6.30. The molecule has 0 aliphatic carbocycles. The number of aliphatic hydroxyl groups is 1. The fourth-order valence-electron chi connectivity index (χ4n) is 2.28. The molecule has 2 N–H and O–H groups in total. The molecule has 1 atom stereocenters. The molecule has 0 radical (unpaired) electrons. The summed E-state index contributed by atoms with van der Waals surface area (Å²) in [4.78, 5) is 12.2. The Kier molecular flexibility index (Phi) is 3.82. The number of aliphatic hydroxyl groups excluding tert-OH is 1. The minimum atomic E-state index is -0.545. The Hall–Kier alpha value is -2.04. The van der Waals surface area contributed by atoms with Crippen molar-refractivity contribution in [2.75, 3.05) is 5.32 Å². The van der Waals surface area contributed by atoms with Crippen LogP contribution in [0.4, 0.5) is 5.69 Å². The van der Waals surface area contributed by atoms with Gasteiger partial charge in [-0.2, -0.15) is 0 Å². The van der Waals surface area contributed by atoms with Crippen molar-refractivity contribution < 1.29 is 14.6 Å². The second-order valence-electron chi connectivity index (χ2n) is 4.91. The zero-order chi connectivity index (χ0) is 14.8. The van der Waals surface area contributed by atoms with Gasteiger partial charge in [-0.05, 0) is 41.5 Å². The van der Waals surface area contributed by atoms with Gasteiger partial charge < -0.3 is 15.2 Å². The van der Waals surface area contributed by atoms with Crippen LogP contribution in [0.2, 0.25) is 5.02 Å². The Morgan fingerprint density at radius 1 is 1.29 bits per heavy atom. The van der Waals surface area contributed by atoms with E-state index in [1.54, 1.807) is 36.4 Å². The number of ether oxygens (including phenoxy) is 1. The molecule has 0 fully saturated rings. The van der Waals surface area contributed by atoms with Crippen molar-refractivity contribution in [3.63, 3.8) is 0 Å². The van der Waals surface area contributed by atoms with Crippen LogP contribution in [0.5, 0.6) is 5.75 Å². The fraction of sp³-hybridized carbons (Fsp3) is 0.188. The number of benzene rings is 2. The molecule has 0 bridgehead atoms. The summed E-state index contributed by atoms with van der Waals surface area (Å²) in [5.74, 6) is 0.509. The largest absolute Gasteiger partial charge is 0.480 e. The van der Waals surface area contributed by atoms with Crippen LogP contribution in [-0.4, -0.2) is 17.1 Å². The highest BCUT2D eigenvalue weighted by Crippen LogP contribution is 2.31. The van der Waals surface area contributed by atoms with E-state index in [9.17, 15) is 4.79 Å². The van der Waals surface area contributed by atoms with Gasteiger partial charge in [0.2, 0.25) is 0 Å². The molecule has 5 heteroatoms. The molecular formula is C16H14ClNO3. The minimum absolute atomic E-state index is 0.0178. The first-order valence-electron chi connectivity index (χ1n) is 6.61. The molecule has 1 heterocycles. The number of anilines is 1. The Bertz CT molecular complexity index is 670. The number of carbonyl (C=O) groups is 1. The summed E-state index contributed by atoms with van der Waals surface area (Å²) in [6, 6.07) is 12.4. The molecule has 0 saturated heterocycles. The molecule has 21 heavy (non-hydrogen) atoms. The predicted octanol–water partition coefficient (Wildman–Crippen LogP) is 2.77. The topological polar surface area (TPSA) is 58.6 Å². The van der Waals surface area contributed by atoms with E-state index in [0.29, 0.717) is 22.9 Å². The quantitative estimate of drug-likeness (QED) is 0.916. The molecule has 0 spiro atoms. The van der Waals surface area contributed by atoms with Gasteiger partial charge in [-0.15, -0.1) is 0 Å². The number of nitrogens with one attached hydrogen (secondary N) is 1. The first-order chi connectivity index (χ1) is 10.2. The van der Waals surface area contributed by atoms with Gasteiger partial charge in [0.25, 0.3) is 5.91 Å². The van der Waals surface area contributed by atoms with E-state index in [-0.39, 0.29) is 12.5 Å². The molecule has 2 aromatic carbocycles. The Morgan fingerprint density at radius 3 is 2.76 bits per heavy atom. The van der Waals surface area contributed by atoms with Crippen LogP contribution >= 0.6 is 11.6 Å². The van der Waals surface area contributed by atoms with E-state index in [0.717, 1.165) is 11.1 Å². The second-order valence-corrected chi connectivity index (χ2v) is 5.34. The maximum Gasteiger partial charge on any atom is 0.265 e. The van der Waals surface area contributed by atoms with Crippen molar-refractivity contribution in [1.82, 2.24) is 0 Å². The van der Waals surface area contributed by atoms with Gasteiger partial charge in [0.1, 0.15) is 5.75 Å². The Balaban J connectivity index is 1.67. The molecule has 0 aromatic heterocycles. The van der Waals surface area contributed by atoms with Crippen LogP contribution in [0.15, 0.2) is 42.5 Å². The van der Waals surface area contributed by atoms with Crippen LogP contribution < -0.4 is 10.1 Å². The number of halogens is 1. The fourth-order valence-corrected chi connectivity index (χ4v) is 2.47. The van der Waals surface area contributed by atoms with E-state index < -0.39 is 6.10 Å². The monoisotopic (exact) mass is 303 g/mol. The van der Waals surface area contributed by atoms with Crippen molar-refractivity contribution in [2.24, 2.45) is 0 Å². The highest BCUT2D eigenvalue weighted by Gasteiger charge is 2.29. The normalized spacial score (nSPS) is 16.2. The van der Waals surface area contributed by atoms with Gasteiger partial charge >= 0.3 is 0 Å². The molecule has 4 nitrogen and oxygen atoms in total. The molecule has 1 amide bonds. The molecular weight excluding hydrogens is 290 g/mol. The molecule has 1 aliphatic rings. The smallest absolute Gasteiger partial charge is 0.265 e. The molecule has 1 unspecified atom stereocenters. The predicted molar refractivity (Wildman–Crippen MR) is 80.6 cm³/mol. The summed E-state index contributed by atoms with van der Waals surface area (Å²) in [7, 11) is 0. The molecule has 0 saturated carbocycles. The summed E-state index contributed by atoms with van der Waals surface area (Å²) < 4.78 is 5.63. The number of rotatable bonds is 3. The van der Waals surface area contributed by atoms with Gasteiger partial charge in [0.05, 0.1) is 6.61 Å². The first kappa shape index (κ1) is 13.9. The lowest BCUT2D eigenvalue weighted by atomic mass is 10.1. The van der Waals surface area contributed by atoms with Crippen molar-refractivity contribution >= 4 is 23.2 Å². The van der Waals surface area contributed by atoms with Crippen molar-refractivity contribution in [1.29, 1.82) is 0 Å². The van der Waals surface area contributed by atoms with E-state index in [1.165, 1.54) is 0 Å². The molecule has 1 aliphatic heterocycles. The first-order valence-corrected chi connectivity index (χ1v) is 6.99. The van der Waals surface area contributed by atoms with Crippen molar-refractivity contribution in [3.05, 3.63) is 58.6 Å². The van der Waals surface area contributed by atoms with E-state index in [1.807, 2.05) is 6.07 Å². The van der Waals surface area contributed by atoms with Gasteiger partial charge in [0.15, 0.2) is 6.10 Å². The third-order valence-corrected chi connectivity index (χ3v) is 3.63. The SMILES string of the molecule is O=C(Nc1ccc(CO)cc1)C1Cc2cc(Cl)ccc2O1. The molecule has 3 rings (SSSR count). The maximum atomic E-state index is 12.2. The molecule has 108 valence electrons. The number of fused-ring (bicyclic) bond motifs is 1. The number of carbonyl (C=O) groups excluding carboxylic acids is 1. The van der Waals surface area contributed by atoms with Crippen molar-refractivity contribution in [3.8, 4) is 5.75 Å². The Labute approximate surface area is 127 Å². The Morgan fingerprint density at radius 2 is 2.05 bits per heavy atom. The van der Waals surface area contributed by atoms with E-state index in [4.69, 9.17) is 21.4 Å². The van der Waals surface area contributed by atoms with Crippen LogP contribution in [0, 0.1) is 0 Å². The van der Waals surface area contributed by atoms with Crippen molar-refractivity contribution in [2.45, 2.75) is 19.1 Å². The third kappa shape index (κ3) is 3.01. The van der Waals surface area contributed by atoms with Gasteiger partial charge in [-0.1, -0.05) is 23.7 Å². The maximum absolute atomic E-state index is 12.2. The lowest BCUT2D eigenvalue weighted by Crippen LogP contribution is -2.31. The molecule has 2 aromatic rings. The summed E-state index contributed by atoms with van der Waals surface area (Å²) >= 11 is 5.93. The summed E-state index contributed by atoms with van der Waals surface area (Å²) in [6.45, 7) is -0.0178. The average Bonchev–Trinajstić information content (AvgIpc) is 2.91. The van der Waals surface area contributed by atoms with Crippen LogP contribution in [-0.2, 0) is 17.8 Å². The average molecular weight is 304 g/mol. The minimum Gasteiger partial charge on any atom is -0.480 e. The third-order valence-electron chi connectivity index (χ3n) is 3.39. The lowest BCUT2D eigenvalue weighted by Gasteiger charge is -2.11. The highest BCUT2D eigenvalue weighted by atomic mass is 35.5. The lowest BCUT2D eigenvalue weighted by molar-refractivity contribution is -0.122. The van der Waals surface area contributed by atoms with Crippen LogP contribution in [0.1, 0.15) is 11.1 Å². The number of hydrogen-bond acceptors (Lipinski definition) is 3. The van der Waals surface area contributed by atoms with E-state index in [2.05, 4.69) is 5.32 Å². The van der Waals surface area contributed by atoms with Gasteiger partial charge in [-0.3, -0.25) is 4.79 Å². The zero-order valence-corrected chi connectivity index (χ0v) is 11.9. The number of amides is 1.